The quantitative estimate of drug-likeness (QED) is 0.783. The van der Waals surface area contributed by atoms with Crippen molar-refractivity contribution in [2.24, 2.45) is 0 Å². The molecule has 1 aromatic carbocycles. The summed E-state index contributed by atoms with van der Waals surface area (Å²) in [5.74, 6) is -0.349. The van der Waals surface area contributed by atoms with E-state index in [2.05, 4.69) is 4.98 Å². The van der Waals surface area contributed by atoms with E-state index in [1.807, 2.05) is 6.07 Å². The van der Waals surface area contributed by atoms with Crippen LogP contribution in [0.2, 0.25) is 0 Å². The molecule has 2 rings (SSSR count). The molecule has 2 aromatic rings. The van der Waals surface area contributed by atoms with Gasteiger partial charge in [0.25, 0.3) is 0 Å². The van der Waals surface area contributed by atoms with Crippen LogP contribution in [0, 0.1) is 0 Å². The van der Waals surface area contributed by atoms with Crippen molar-refractivity contribution in [1.29, 1.82) is 0 Å². The molecular formula is C12H11NO3. The summed E-state index contributed by atoms with van der Waals surface area (Å²) < 4.78 is 4.83. The number of ether oxygens (including phenoxy) is 1. The molecule has 0 atom stereocenters. The van der Waals surface area contributed by atoms with E-state index in [4.69, 9.17) is 4.74 Å². The van der Waals surface area contributed by atoms with E-state index in [1.165, 1.54) is 6.07 Å². The van der Waals surface area contributed by atoms with Crippen molar-refractivity contribution in [3.63, 3.8) is 0 Å². The van der Waals surface area contributed by atoms with Crippen molar-refractivity contribution in [2.75, 3.05) is 6.61 Å². The van der Waals surface area contributed by atoms with Gasteiger partial charge >= 0.3 is 5.97 Å². The molecule has 0 radical (unpaired) electrons. The molecule has 4 heteroatoms. The number of phenols is 1. The van der Waals surface area contributed by atoms with Crippen molar-refractivity contribution in [1.82, 2.24) is 4.98 Å². The highest BCUT2D eigenvalue weighted by atomic mass is 16.5. The minimum absolute atomic E-state index is 0.130. The molecule has 0 spiro atoms. The lowest BCUT2D eigenvalue weighted by molar-refractivity contribution is 0.0520. The number of hydrogen-bond acceptors (Lipinski definition) is 4. The Balaban J connectivity index is 2.51. The molecule has 0 saturated carbocycles. The molecule has 1 N–H and O–H groups in total. The number of aromatic nitrogens is 1. The van der Waals surface area contributed by atoms with Crippen LogP contribution in [-0.2, 0) is 4.74 Å². The first kappa shape index (κ1) is 10.4. The molecular weight excluding hydrogens is 206 g/mol. The predicted octanol–water partition coefficient (Wildman–Crippen LogP) is 2.12. The van der Waals surface area contributed by atoms with Crippen LogP contribution in [-0.4, -0.2) is 22.7 Å². The van der Waals surface area contributed by atoms with Gasteiger partial charge in [-0.2, -0.15) is 0 Å². The van der Waals surface area contributed by atoms with E-state index in [9.17, 15) is 9.90 Å². The van der Waals surface area contributed by atoms with Crippen molar-refractivity contribution in [3.05, 3.63) is 36.2 Å². The van der Waals surface area contributed by atoms with Gasteiger partial charge in [0.15, 0.2) is 0 Å². The van der Waals surface area contributed by atoms with Gasteiger partial charge in [-0.05, 0) is 19.1 Å². The second-order valence-corrected chi connectivity index (χ2v) is 3.29. The van der Waals surface area contributed by atoms with E-state index in [0.29, 0.717) is 12.0 Å². The van der Waals surface area contributed by atoms with Gasteiger partial charge in [0, 0.05) is 17.0 Å². The lowest BCUT2D eigenvalue weighted by atomic mass is 10.1. The van der Waals surface area contributed by atoms with E-state index in [-0.39, 0.29) is 11.4 Å². The van der Waals surface area contributed by atoms with Crippen LogP contribution in [0.4, 0.5) is 0 Å². The Hall–Kier alpha value is -2.10. The van der Waals surface area contributed by atoms with Crippen LogP contribution in [0.25, 0.3) is 10.8 Å². The summed E-state index contributed by atoms with van der Waals surface area (Å²) in [6.45, 7) is 2.04. The van der Waals surface area contributed by atoms with Crippen molar-refractivity contribution in [2.45, 2.75) is 6.92 Å². The van der Waals surface area contributed by atoms with Crippen LogP contribution < -0.4 is 0 Å². The minimum Gasteiger partial charge on any atom is -0.507 e. The summed E-state index contributed by atoms with van der Waals surface area (Å²) in [4.78, 5) is 15.4. The van der Waals surface area contributed by atoms with Crippen LogP contribution in [0.3, 0.4) is 0 Å². The van der Waals surface area contributed by atoms with Crippen LogP contribution in [0.15, 0.2) is 30.5 Å². The Labute approximate surface area is 92.5 Å². The lowest BCUT2D eigenvalue weighted by Crippen LogP contribution is -2.06. The SMILES string of the molecule is CCOC(=O)c1cc2c(O)cccc2cn1. The Bertz CT molecular complexity index is 537. The largest absolute Gasteiger partial charge is 0.507 e. The first-order valence-corrected chi connectivity index (χ1v) is 4.97. The monoisotopic (exact) mass is 217 g/mol. The van der Waals surface area contributed by atoms with Crippen molar-refractivity contribution >= 4 is 16.7 Å². The Kier molecular flexibility index (Phi) is 2.72. The van der Waals surface area contributed by atoms with Gasteiger partial charge < -0.3 is 9.84 Å². The molecule has 0 saturated heterocycles. The number of nitrogens with zero attached hydrogens (tertiary/aromatic N) is 1. The topological polar surface area (TPSA) is 59.4 Å². The third-order valence-corrected chi connectivity index (χ3v) is 2.23. The number of benzene rings is 1. The highest BCUT2D eigenvalue weighted by Crippen LogP contribution is 2.24. The maximum Gasteiger partial charge on any atom is 0.356 e. The van der Waals surface area contributed by atoms with E-state index in [1.54, 1.807) is 25.3 Å². The first-order valence-electron chi connectivity index (χ1n) is 4.97. The molecule has 82 valence electrons. The summed E-state index contributed by atoms with van der Waals surface area (Å²) in [5, 5.41) is 11.0. The summed E-state index contributed by atoms with van der Waals surface area (Å²) in [7, 11) is 0. The second kappa shape index (κ2) is 4.18. The smallest absolute Gasteiger partial charge is 0.356 e. The fraction of sp³-hybridized carbons (Fsp3) is 0.167. The molecule has 1 aromatic heterocycles. The molecule has 0 unspecified atom stereocenters. The third kappa shape index (κ3) is 1.82. The Morgan fingerprint density at radius 1 is 1.50 bits per heavy atom. The summed E-state index contributed by atoms with van der Waals surface area (Å²) in [6.07, 6.45) is 1.54. The molecule has 0 aliphatic carbocycles. The number of phenolic OH excluding ortho intramolecular Hbond substituents is 1. The summed E-state index contributed by atoms with van der Waals surface area (Å²) >= 11 is 0. The lowest BCUT2D eigenvalue weighted by Gasteiger charge is -2.03. The molecule has 4 nitrogen and oxygen atoms in total. The standard InChI is InChI=1S/C12H11NO3/c1-2-16-12(15)10-6-9-8(7-13-10)4-3-5-11(9)14/h3-7,14H,2H2,1H3. The maximum absolute atomic E-state index is 11.4. The summed E-state index contributed by atoms with van der Waals surface area (Å²) in [6, 6.07) is 6.64. The van der Waals surface area contributed by atoms with Crippen molar-refractivity contribution in [3.8, 4) is 5.75 Å². The molecule has 0 bridgehead atoms. The second-order valence-electron chi connectivity index (χ2n) is 3.29. The first-order chi connectivity index (χ1) is 7.72. The van der Waals surface area contributed by atoms with E-state index in [0.717, 1.165) is 5.39 Å². The predicted molar refractivity (Wildman–Crippen MR) is 59.4 cm³/mol. The summed E-state index contributed by atoms with van der Waals surface area (Å²) in [5.41, 5.74) is 0.204. The van der Waals surface area contributed by atoms with Gasteiger partial charge in [-0.25, -0.2) is 9.78 Å². The Morgan fingerprint density at radius 2 is 2.31 bits per heavy atom. The highest BCUT2D eigenvalue weighted by Gasteiger charge is 2.09. The number of esters is 1. The highest BCUT2D eigenvalue weighted by molar-refractivity contribution is 5.95. The zero-order valence-corrected chi connectivity index (χ0v) is 8.80. The van der Waals surface area contributed by atoms with Gasteiger partial charge in [0.2, 0.25) is 0 Å². The number of aromatic hydroxyl groups is 1. The van der Waals surface area contributed by atoms with Crippen LogP contribution >= 0.6 is 0 Å². The minimum atomic E-state index is -0.479. The van der Waals surface area contributed by atoms with Crippen LogP contribution in [0.1, 0.15) is 17.4 Å². The number of pyridine rings is 1. The molecule has 0 amide bonds. The van der Waals surface area contributed by atoms with Gasteiger partial charge in [0.1, 0.15) is 11.4 Å². The van der Waals surface area contributed by atoms with E-state index >= 15 is 0 Å². The number of carbonyl (C=O) groups is 1. The van der Waals surface area contributed by atoms with Gasteiger partial charge in [-0.15, -0.1) is 0 Å². The Morgan fingerprint density at radius 3 is 3.06 bits per heavy atom. The zero-order valence-electron chi connectivity index (χ0n) is 8.80. The fourth-order valence-corrected chi connectivity index (χ4v) is 1.47. The van der Waals surface area contributed by atoms with Gasteiger partial charge in [-0.1, -0.05) is 12.1 Å². The number of fused-ring (bicyclic) bond motifs is 1. The number of rotatable bonds is 2. The molecule has 16 heavy (non-hydrogen) atoms. The van der Waals surface area contributed by atoms with Gasteiger partial charge in [0.05, 0.1) is 6.61 Å². The van der Waals surface area contributed by atoms with Crippen molar-refractivity contribution < 1.29 is 14.6 Å². The number of hydrogen-bond donors (Lipinski definition) is 1. The zero-order chi connectivity index (χ0) is 11.5. The normalized spacial score (nSPS) is 10.3. The number of carbonyl (C=O) groups excluding carboxylic acids is 1. The molecule has 1 heterocycles. The third-order valence-electron chi connectivity index (χ3n) is 2.23. The average Bonchev–Trinajstić information content (AvgIpc) is 2.29. The molecule has 0 fully saturated rings. The fourth-order valence-electron chi connectivity index (χ4n) is 1.47. The van der Waals surface area contributed by atoms with Crippen LogP contribution in [0.5, 0.6) is 5.75 Å². The molecule has 0 aliphatic rings. The van der Waals surface area contributed by atoms with Gasteiger partial charge in [-0.3, -0.25) is 0 Å². The molecule has 0 aliphatic heterocycles. The average molecular weight is 217 g/mol. The van der Waals surface area contributed by atoms with E-state index < -0.39 is 5.97 Å². The maximum atomic E-state index is 11.4.